The predicted molar refractivity (Wildman–Crippen MR) is 88.1 cm³/mol. The lowest BCUT2D eigenvalue weighted by molar-refractivity contribution is -0.388. The molecule has 3 aromatic rings. The first-order chi connectivity index (χ1) is 11.8. The van der Waals surface area contributed by atoms with Crippen LogP contribution in [0.2, 0.25) is 0 Å². The van der Waals surface area contributed by atoms with Crippen molar-refractivity contribution in [1.29, 1.82) is 0 Å². The number of hydrogen-bond donors (Lipinski definition) is 0. The second-order valence-electron chi connectivity index (χ2n) is 5.17. The Balaban J connectivity index is 2.09. The van der Waals surface area contributed by atoms with E-state index in [1.54, 1.807) is 0 Å². The van der Waals surface area contributed by atoms with Gasteiger partial charge in [-0.25, -0.2) is 4.79 Å². The van der Waals surface area contributed by atoms with Crippen LogP contribution in [-0.4, -0.2) is 13.3 Å². The second kappa shape index (κ2) is 6.02. The van der Waals surface area contributed by atoms with Gasteiger partial charge in [-0.2, -0.15) is 8.42 Å². The minimum absolute atomic E-state index is 0.126. The number of benzene rings is 2. The molecule has 9 heteroatoms. The largest absolute Gasteiger partial charge is 0.423 e. The summed E-state index contributed by atoms with van der Waals surface area (Å²) in [6.07, 6.45) is 0. The molecule has 0 atom stereocenters. The van der Waals surface area contributed by atoms with E-state index in [-0.39, 0.29) is 16.9 Å². The van der Waals surface area contributed by atoms with Gasteiger partial charge in [-0.15, -0.1) is 0 Å². The molecule has 0 saturated carbocycles. The topological polar surface area (TPSA) is 117 Å². The van der Waals surface area contributed by atoms with Gasteiger partial charge in [-0.3, -0.25) is 10.1 Å². The van der Waals surface area contributed by atoms with E-state index in [4.69, 9.17) is 8.60 Å². The van der Waals surface area contributed by atoms with Crippen molar-refractivity contribution in [2.75, 3.05) is 0 Å². The zero-order valence-corrected chi connectivity index (χ0v) is 13.6. The molecule has 0 unspecified atom stereocenters. The normalized spacial score (nSPS) is 11.4. The van der Waals surface area contributed by atoms with Crippen molar-refractivity contribution in [2.45, 2.75) is 11.8 Å². The van der Waals surface area contributed by atoms with Crippen molar-refractivity contribution in [3.8, 4) is 5.75 Å². The zero-order chi connectivity index (χ0) is 18.2. The fourth-order valence-electron chi connectivity index (χ4n) is 2.37. The molecule has 0 aliphatic heterocycles. The first-order valence-corrected chi connectivity index (χ1v) is 8.41. The van der Waals surface area contributed by atoms with Gasteiger partial charge in [0.1, 0.15) is 11.3 Å². The third kappa shape index (κ3) is 3.22. The van der Waals surface area contributed by atoms with Gasteiger partial charge in [-0.05, 0) is 30.7 Å². The fraction of sp³-hybridized carbons (Fsp3) is 0.0625. The molecule has 0 amide bonds. The third-order valence-corrected chi connectivity index (χ3v) is 4.88. The maximum atomic E-state index is 12.5. The number of fused-ring (bicyclic) bond motifs is 1. The Morgan fingerprint density at radius 2 is 1.84 bits per heavy atom. The highest BCUT2D eigenvalue weighted by Crippen LogP contribution is 2.30. The number of hydrogen-bond acceptors (Lipinski definition) is 7. The van der Waals surface area contributed by atoms with Gasteiger partial charge in [0.25, 0.3) is 5.69 Å². The summed E-state index contributed by atoms with van der Waals surface area (Å²) < 4.78 is 35.0. The summed E-state index contributed by atoms with van der Waals surface area (Å²) in [6.45, 7) is 1.43. The van der Waals surface area contributed by atoms with Gasteiger partial charge in [0, 0.05) is 23.6 Å². The number of nitro benzene ring substituents is 1. The molecule has 0 bridgehead atoms. The Kier molecular flexibility index (Phi) is 4.01. The molecule has 8 nitrogen and oxygen atoms in total. The van der Waals surface area contributed by atoms with Gasteiger partial charge >= 0.3 is 15.7 Å². The molecule has 25 heavy (non-hydrogen) atoms. The van der Waals surface area contributed by atoms with Crippen molar-refractivity contribution in [3.63, 3.8) is 0 Å². The number of nitrogens with zero attached hydrogens (tertiary/aromatic N) is 1. The number of aryl methyl sites for hydroxylation is 1. The van der Waals surface area contributed by atoms with Crippen LogP contribution in [0.3, 0.4) is 0 Å². The summed E-state index contributed by atoms with van der Waals surface area (Å²) in [5.74, 6) is -0.126. The molecule has 0 aliphatic rings. The highest BCUT2D eigenvalue weighted by molar-refractivity contribution is 7.87. The maximum absolute atomic E-state index is 12.5. The van der Waals surface area contributed by atoms with Crippen molar-refractivity contribution < 1.29 is 21.9 Å². The summed E-state index contributed by atoms with van der Waals surface area (Å²) in [4.78, 5) is 21.1. The molecule has 3 rings (SSSR count). The van der Waals surface area contributed by atoms with E-state index in [1.165, 1.54) is 49.4 Å². The van der Waals surface area contributed by atoms with Gasteiger partial charge < -0.3 is 8.60 Å². The van der Waals surface area contributed by atoms with Crippen LogP contribution in [0.4, 0.5) is 5.69 Å². The van der Waals surface area contributed by atoms with Crippen LogP contribution in [-0.2, 0) is 10.1 Å². The van der Waals surface area contributed by atoms with Crippen molar-refractivity contribution >= 4 is 26.8 Å². The van der Waals surface area contributed by atoms with Gasteiger partial charge in [0.2, 0.25) is 0 Å². The summed E-state index contributed by atoms with van der Waals surface area (Å²) in [5.41, 5.74) is -0.852. The van der Waals surface area contributed by atoms with Crippen LogP contribution in [0.25, 0.3) is 11.0 Å². The monoisotopic (exact) mass is 361 g/mol. The first kappa shape index (κ1) is 16.7. The Bertz CT molecular complexity index is 1150. The van der Waals surface area contributed by atoms with Crippen LogP contribution < -0.4 is 9.81 Å². The smallest absolute Gasteiger partial charge is 0.346 e. The molecule has 1 heterocycles. The summed E-state index contributed by atoms with van der Waals surface area (Å²) in [6, 6.07) is 10.8. The molecular weight excluding hydrogens is 350 g/mol. The van der Waals surface area contributed by atoms with Crippen LogP contribution >= 0.6 is 0 Å². The van der Waals surface area contributed by atoms with Gasteiger partial charge in [0.15, 0.2) is 4.90 Å². The highest BCUT2D eigenvalue weighted by atomic mass is 32.2. The Morgan fingerprint density at radius 3 is 2.56 bits per heavy atom. The predicted octanol–water partition coefficient (Wildman–Crippen LogP) is 2.78. The molecule has 0 saturated heterocycles. The van der Waals surface area contributed by atoms with E-state index in [1.807, 2.05) is 0 Å². The van der Waals surface area contributed by atoms with E-state index >= 15 is 0 Å². The lowest BCUT2D eigenvalue weighted by Gasteiger charge is -2.10. The molecule has 0 aliphatic carbocycles. The van der Waals surface area contributed by atoms with E-state index in [0.29, 0.717) is 5.39 Å². The fourth-order valence-corrected chi connectivity index (χ4v) is 3.67. The molecule has 0 spiro atoms. The molecule has 0 radical (unpaired) electrons. The van der Waals surface area contributed by atoms with Crippen molar-refractivity contribution in [2.24, 2.45) is 0 Å². The van der Waals surface area contributed by atoms with Crippen LogP contribution in [0, 0.1) is 17.0 Å². The van der Waals surface area contributed by atoms with E-state index in [2.05, 4.69) is 0 Å². The molecule has 0 fully saturated rings. The zero-order valence-electron chi connectivity index (χ0n) is 12.8. The maximum Gasteiger partial charge on any atom is 0.346 e. The van der Waals surface area contributed by atoms with Crippen LogP contribution in [0.1, 0.15) is 5.56 Å². The molecule has 128 valence electrons. The summed E-state index contributed by atoms with van der Waals surface area (Å²) in [7, 11) is -4.46. The highest BCUT2D eigenvalue weighted by Gasteiger charge is 2.29. The second-order valence-corrected chi connectivity index (χ2v) is 6.65. The first-order valence-electron chi connectivity index (χ1n) is 7.00. The minimum Gasteiger partial charge on any atom is -0.423 e. The molecule has 0 N–H and O–H groups in total. The van der Waals surface area contributed by atoms with Crippen molar-refractivity contribution in [3.05, 3.63) is 74.6 Å². The number of nitro groups is 1. The van der Waals surface area contributed by atoms with E-state index in [9.17, 15) is 23.3 Å². The molecule has 1 aromatic heterocycles. The molecular formula is C16H11NO7S. The van der Waals surface area contributed by atoms with E-state index < -0.39 is 31.2 Å². The summed E-state index contributed by atoms with van der Waals surface area (Å²) >= 11 is 0. The minimum atomic E-state index is -4.46. The summed E-state index contributed by atoms with van der Waals surface area (Å²) in [5, 5.41) is 11.7. The standard InChI is InChI=1S/C16H11NO7S/c1-10-3-2-4-13(17(19)20)16(10)25(21,22)24-12-7-5-11-6-8-15(18)23-14(11)9-12/h2-9H,1H3. The Morgan fingerprint density at radius 1 is 1.12 bits per heavy atom. The average molecular weight is 361 g/mol. The van der Waals surface area contributed by atoms with Crippen LogP contribution in [0.5, 0.6) is 5.75 Å². The third-order valence-electron chi connectivity index (χ3n) is 3.44. The van der Waals surface area contributed by atoms with Gasteiger partial charge in [0.05, 0.1) is 4.92 Å². The quantitative estimate of drug-likeness (QED) is 0.303. The van der Waals surface area contributed by atoms with E-state index in [0.717, 1.165) is 6.07 Å². The average Bonchev–Trinajstić information content (AvgIpc) is 2.53. The Labute approximate surface area is 141 Å². The molecule has 2 aromatic carbocycles. The SMILES string of the molecule is Cc1cccc([N+](=O)[O-])c1S(=O)(=O)Oc1ccc2ccc(=O)oc2c1. The number of rotatable bonds is 4. The lowest BCUT2D eigenvalue weighted by Crippen LogP contribution is -2.13. The van der Waals surface area contributed by atoms with Gasteiger partial charge in [-0.1, -0.05) is 12.1 Å². The van der Waals surface area contributed by atoms with Crippen LogP contribution in [0.15, 0.2) is 62.6 Å². The lowest BCUT2D eigenvalue weighted by atomic mass is 10.2. The Hall–Kier alpha value is -3.20. The van der Waals surface area contributed by atoms with Crippen molar-refractivity contribution in [1.82, 2.24) is 0 Å².